The third-order valence-corrected chi connectivity index (χ3v) is 3.71. The van der Waals surface area contributed by atoms with Gasteiger partial charge in [0.25, 0.3) is 0 Å². The third-order valence-electron chi connectivity index (χ3n) is 2.93. The predicted octanol–water partition coefficient (Wildman–Crippen LogP) is 3.22. The highest BCUT2D eigenvalue weighted by Crippen LogP contribution is 2.30. The topological polar surface area (TPSA) is 49.8 Å². The molecular formula is C15H23NO3S. The van der Waals surface area contributed by atoms with Crippen molar-refractivity contribution in [1.29, 1.82) is 0 Å². The second-order valence-corrected chi connectivity index (χ2v) is 5.84. The normalized spacial score (nSPS) is 10.8. The lowest BCUT2D eigenvalue weighted by Gasteiger charge is -2.28. The largest absolute Gasteiger partial charge is 0.478 e. The van der Waals surface area contributed by atoms with E-state index in [0.717, 1.165) is 17.1 Å². The summed E-state index contributed by atoms with van der Waals surface area (Å²) in [5.41, 5.74) is 1.16. The lowest BCUT2D eigenvalue weighted by molar-refractivity contribution is 0.0693. The molecule has 0 spiro atoms. The van der Waals surface area contributed by atoms with Crippen LogP contribution in [0.2, 0.25) is 0 Å². The number of ether oxygens (including phenoxy) is 1. The number of hydrogen-bond acceptors (Lipinski definition) is 4. The van der Waals surface area contributed by atoms with E-state index < -0.39 is 5.97 Å². The summed E-state index contributed by atoms with van der Waals surface area (Å²) in [6, 6.07) is 5.64. The van der Waals surface area contributed by atoms with Crippen molar-refractivity contribution < 1.29 is 14.6 Å². The first-order valence-corrected chi connectivity index (χ1v) is 7.87. The average molecular weight is 297 g/mol. The van der Waals surface area contributed by atoms with E-state index in [1.165, 1.54) is 11.8 Å². The number of methoxy groups -OCH3 is 1. The van der Waals surface area contributed by atoms with Gasteiger partial charge < -0.3 is 14.7 Å². The Kier molecular flexibility index (Phi) is 6.88. The molecule has 5 heteroatoms. The van der Waals surface area contributed by atoms with Crippen molar-refractivity contribution in [2.24, 2.45) is 5.92 Å². The molecule has 0 amide bonds. The van der Waals surface area contributed by atoms with E-state index in [1.54, 1.807) is 7.11 Å². The molecule has 0 fully saturated rings. The zero-order valence-electron chi connectivity index (χ0n) is 12.5. The molecular weight excluding hydrogens is 274 g/mol. The van der Waals surface area contributed by atoms with Crippen LogP contribution in [0.4, 0.5) is 5.69 Å². The minimum atomic E-state index is -0.879. The van der Waals surface area contributed by atoms with Crippen LogP contribution in [-0.2, 0) is 4.74 Å². The van der Waals surface area contributed by atoms with Crippen molar-refractivity contribution in [2.75, 3.05) is 38.0 Å². The Balaban J connectivity index is 3.20. The van der Waals surface area contributed by atoms with Crippen LogP contribution in [-0.4, -0.2) is 44.1 Å². The maximum absolute atomic E-state index is 11.6. The summed E-state index contributed by atoms with van der Waals surface area (Å²) >= 11 is 1.46. The molecule has 4 nitrogen and oxygen atoms in total. The van der Waals surface area contributed by atoms with Gasteiger partial charge in [-0.2, -0.15) is 0 Å². The monoisotopic (exact) mass is 297 g/mol. The van der Waals surface area contributed by atoms with Gasteiger partial charge in [0.1, 0.15) is 0 Å². The molecule has 0 bridgehead atoms. The summed E-state index contributed by atoms with van der Waals surface area (Å²) in [5.74, 6) is -0.428. The number of aromatic carboxylic acids is 1. The van der Waals surface area contributed by atoms with Gasteiger partial charge in [-0.25, -0.2) is 4.79 Å². The van der Waals surface area contributed by atoms with E-state index >= 15 is 0 Å². The quantitative estimate of drug-likeness (QED) is 0.747. The van der Waals surface area contributed by atoms with Crippen molar-refractivity contribution in [3.05, 3.63) is 23.8 Å². The number of carboxylic acid groups (broad SMARTS) is 1. The first-order chi connectivity index (χ1) is 9.51. The highest BCUT2D eigenvalue weighted by Gasteiger charge is 2.20. The molecule has 0 saturated heterocycles. The summed E-state index contributed by atoms with van der Waals surface area (Å²) in [4.78, 5) is 14.5. The van der Waals surface area contributed by atoms with E-state index in [4.69, 9.17) is 4.74 Å². The Morgan fingerprint density at radius 3 is 2.65 bits per heavy atom. The van der Waals surface area contributed by atoms with Gasteiger partial charge in [0.15, 0.2) is 0 Å². The fourth-order valence-electron chi connectivity index (χ4n) is 2.12. The second-order valence-electron chi connectivity index (χ2n) is 4.99. The molecule has 1 N–H and O–H groups in total. The maximum atomic E-state index is 11.6. The van der Waals surface area contributed by atoms with Crippen LogP contribution in [0.15, 0.2) is 23.1 Å². The van der Waals surface area contributed by atoms with Crippen LogP contribution in [0.5, 0.6) is 0 Å². The molecule has 0 heterocycles. The van der Waals surface area contributed by atoms with Crippen LogP contribution in [0.25, 0.3) is 0 Å². The standard InChI is InChI=1S/C15H23NO3S/c1-11(2)10-16(8-9-19-3)12-6-5-7-13(20-4)14(12)15(17)18/h5-7,11H,8-10H2,1-4H3,(H,17,18). The lowest BCUT2D eigenvalue weighted by Crippen LogP contribution is -2.32. The first-order valence-electron chi connectivity index (χ1n) is 6.65. The molecule has 0 aromatic heterocycles. The highest BCUT2D eigenvalue weighted by molar-refractivity contribution is 7.98. The molecule has 0 aliphatic carbocycles. The molecule has 0 saturated carbocycles. The van der Waals surface area contributed by atoms with Crippen molar-refractivity contribution in [3.8, 4) is 0 Å². The van der Waals surface area contributed by atoms with Crippen LogP contribution in [0.1, 0.15) is 24.2 Å². The minimum Gasteiger partial charge on any atom is -0.478 e. The Morgan fingerprint density at radius 1 is 1.45 bits per heavy atom. The SMILES string of the molecule is COCCN(CC(C)C)c1cccc(SC)c1C(=O)O. The summed E-state index contributed by atoms with van der Waals surface area (Å²) in [5, 5.41) is 9.51. The van der Waals surface area contributed by atoms with Crippen LogP contribution in [0.3, 0.4) is 0 Å². The van der Waals surface area contributed by atoms with E-state index in [9.17, 15) is 9.90 Å². The van der Waals surface area contributed by atoms with Gasteiger partial charge in [0.2, 0.25) is 0 Å². The molecule has 1 rings (SSSR count). The van der Waals surface area contributed by atoms with E-state index in [-0.39, 0.29) is 0 Å². The minimum absolute atomic E-state index is 0.386. The second kappa shape index (κ2) is 8.17. The van der Waals surface area contributed by atoms with Crippen molar-refractivity contribution in [3.63, 3.8) is 0 Å². The molecule has 20 heavy (non-hydrogen) atoms. The Morgan fingerprint density at radius 2 is 2.15 bits per heavy atom. The van der Waals surface area contributed by atoms with Gasteiger partial charge in [-0.05, 0) is 24.3 Å². The van der Waals surface area contributed by atoms with Crippen LogP contribution in [0, 0.1) is 5.92 Å². The number of thioether (sulfide) groups is 1. The zero-order chi connectivity index (χ0) is 15.1. The molecule has 0 radical (unpaired) electrons. The lowest BCUT2D eigenvalue weighted by atomic mass is 10.1. The molecule has 0 aliphatic rings. The molecule has 0 unspecified atom stereocenters. The summed E-state index contributed by atoms with van der Waals surface area (Å²) in [6.45, 7) is 6.32. The number of nitrogens with zero attached hydrogens (tertiary/aromatic N) is 1. The van der Waals surface area contributed by atoms with Crippen LogP contribution >= 0.6 is 11.8 Å². The average Bonchev–Trinajstić information content (AvgIpc) is 2.41. The van der Waals surface area contributed by atoms with E-state index in [0.29, 0.717) is 24.6 Å². The number of hydrogen-bond donors (Lipinski definition) is 1. The number of benzene rings is 1. The fraction of sp³-hybridized carbons (Fsp3) is 0.533. The molecule has 1 aromatic carbocycles. The third kappa shape index (κ3) is 4.42. The first kappa shape index (κ1) is 16.9. The van der Waals surface area contributed by atoms with Crippen molar-refractivity contribution in [2.45, 2.75) is 18.7 Å². The molecule has 0 aliphatic heterocycles. The number of anilines is 1. The number of carbonyl (C=O) groups is 1. The Labute approximate surface area is 125 Å². The van der Waals surface area contributed by atoms with Gasteiger partial charge in [-0.3, -0.25) is 0 Å². The molecule has 112 valence electrons. The van der Waals surface area contributed by atoms with E-state index in [2.05, 4.69) is 18.7 Å². The maximum Gasteiger partial charge on any atom is 0.338 e. The van der Waals surface area contributed by atoms with Gasteiger partial charge in [-0.15, -0.1) is 11.8 Å². The summed E-state index contributed by atoms with van der Waals surface area (Å²) < 4.78 is 5.14. The van der Waals surface area contributed by atoms with Crippen molar-refractivity contribution >= 4 is 23.4 Å². The predicted molar refractivity (Wildman–Crippen MR) is 84.1 cm³/mol. The highest BCUT2D eigenvalue weighted by atomic mass is 32.2. The fourth-order valence-corrected chi connectivity index (χ4v) is 2.73. The molecule has 0 atom stereocenters. The molecule has 1 aromatic rings. The summed E-state index contributed by atoms with van der Waals surface area (Å²) in [6.07, 6.45) is 1.90. The van der Waals surface area contributed by atoms with E-state index in [1.807, 2.05) is 24.5 Å². The van der Waals surface area contributed by atoms with Crippen molar-refractivity contribution in [1.82, 2.24) is 0 Å². The smallest absolute Gasteiger partial charge is 0.338 e. The zero-order valence-corrected chi connectivity index (χ0v) is 13.4. The Hall–Kier alpha value is -1.20. The Bertz CT molecular complexity index is 449. The number of rotatable bonds is 8. The van der Waals surface area contributed by atoms with Gasteiger partial charge >= 0.3 is 5.97 Å². The van der Waals surface area contributed by atoms with Gasteiger partial charge in [0, 0.05) is 25.1 Å². The van der Waals surface area contributed by atoms with Gasteiger partial charge in [-0.1, -0.05) is 19.9 Å². The van der Waals surface area contributed by atoms with Crippen LogP contribution < -0.4 is 4.90 Å². The van der Waals surface area contributed by atoms with Gasteiger partial charge in [0.05, 0.1) is 17.9 Å². The summed E-state index contributed by atoms with van der Waals surface area (Å²) in [7, 11) is 1.66. The number of carboxylic acids is 1.